The van der Waals surface area contributed by atoms with Crippen molar-refractivity contribution in [1.29, 1.82) is 0 Å². The standard InChI is InChI=1S/C27H29N3O4S/c1-29(2)27(32)19-10-8-18(9-11-19)20-12-13-24-23(16-20)26-22(25(17-31)28-24)14-15-30(26)35(33,34)21-6-4-3-5-7-21/h3-13,16,22,25-26,28,31H,14-15,17H2,1-2H3/t22-,25+,26-/m0/s1. The average molecular weight is 492 g/mol. The molecular weight excluding hydrogens is 462 g/mol. The topological polar surface area (TPSA) is 90.0 Å². The number of hydrogen-bond acceptors (Lipinski definition) is 5. The molecule has 35 heavy (non-hydrogen) atoms. The van der Waals surface area contributed by atoms with Crippen LogP contribution in [0.2, 0.25) is 0 Å². The Morgan fingerprint density at radius 1 is 1.03 bits per heavy atom. The van der Waals surface area contributed by atoms with Crippen molar-refractivity contribution in [2.24, 2.45) is 5.92 Å². The first-order valence-electron chi connectivity index (χ1n) is 11.7. The molecule has 0 saturated carbocycles. The van der Waals surface area contributed by atoms with E-state index >= 15 is 0 Å². The zero-order valence-corrected chi connectivity index (χ0v) is 20.6. The zero-order valence-electron chi connectivity index (χ0n) is 19.8. The second-order valence-corrected chi connectivity index (χ2v) is 11.2. The summed E-state index contributed by atoms with van der Waals surface area (Å²) in [4.78, 5) is 14.1. The number of nitrogens with zero attached hydrogens (tertiary/aromatic N) is 2. The van der Waals surface area contributed by atoms with Gasteiger partial charge in [0.2, 0.25) is 10.0 Å². The van der Waals surface area contributed by atoms with Crippen molar-refractivity contribution in [1.82, 2.24) is 9.21 Å². The van der Waals surface area contributed by atoms with E-state index in [1.807, 2.05) is 42.5 Å². The molecule has 3 atom stereocenters. The van der Waals surface area contributed by atoms with Crippen molar-refractivity contribution < 1.29 is 18.3 Å². The number of carbonyl (C=O) groups is 1. The number of anilines is 1. The van der Waals surface area contributed by atoms with Crippen LogP contribution in [-0.4, -0.2) is 61.9 Å². The molecule has 0 radical (unpaired) electrons. The van der Waals surface area contributed by atoms with Gasteiger partial charge in [-0.15, -0.1) is 0 Å². The highest BCUT2D eigenvalue weighted by molar-refractivity contribution is 7.89. The molecule has 3 aromatic carbocycles. The molecular formula is C27H29N3O4S. The number of carbonyl (C=O) groups excluding carboxylic acids is 1. The van der Waals surface area contributed by atoms with E-state index in [0.29, 0.717) is 18.5 Å². The molecule has 0 unspecified atom stereocenters. The molecule has 2 aliphatic heterocycles. The lowest BCUT2D eigenvalue weighted by Crippen LogP contribution is -2.42. The van der Waals surface area contributed by atoms with E-state index in [2.05, 4.69) is 5.32 Å². The summed E-state index contributed by atoms with van der Waals surface area (Å²) in [6, 6.07) is 21.3. The maximum Gasteiger partial charge on any atom is 0.253 e. The molecule has 3 aromatic rings. The first-order valence-corrected chi connectivity index (χ1v) is 13.2. The van der Waals surface area contributed by atoms with Gasteiger partial charge in [-0.25, -0.2) is 8.42 Å². The number of benzene rings is 3. The minimum atomic E-state index is -3.70. The third-order valence-corrected chi connectivity index (χ3v) is 8.94. The fraction of sp³-hybridized carbons (Fsp3) is 0.296. The smallest absolute Gasteiger partial charge is 0.253 e. The van der Waals surface area contributed by atoms with Crippen LogP contribution in [0.1, 0.15) is 28.4 Å². The van der Waals surface area contributed by atoms with Crippen molar-refractivity contribution in [3.63, 3.8) is 0 Å². The Hall–Kier alpha value is -3.20. The molecule has 0 bridgehead atoms. The number of amides is 1. The van der Waals surface area contributed by atoms with E-state index < -0.39 is 10.0 Å². The second-order valence-electron chi connectivity index (χ2n) is 9.34. The first-order chi connectivity index (χ1) is 16.8. The van der Waals surface area contributed by atoms with Crippen molar-refractivity contribution in [2.75, 3.05) is 32.6 Å². The zero-order chi connectivity index (χ0) is 24.7. The van der Waals surface area contributed by atoms with E-state index in [0.717, 1.165) is 22.4 Å². The summed E-state index contributed by atoms with van der Waals surface area (Å²) in [6.45, 7) is 0.332. The summed E-state index contributed by atoms with van der Waals surface area (Å²) < 4.78 is 28.8. The molecule has 0 spiro atoms. The summed E-state index contributed by atoms with van der Waals surface area (Å²) in [5, 5.41) is 13.5. The number of aliphatic hydroxyl groups is 1. The van der Waals surface area contributed by atoms with Gasteiger partial charge >= 0.3 is 0 Å². The Kier molecular flexibility index (Phi) is 6.13. The molecule has 8 heteroatoms. The summed E-state index contributed by atoms with van der Waals surface area (Å²) in [5.74, 6) is -0.0990. The molecule has 2 N–H and O–H groups in total. The van der Waals surface area contributed by atoms with Gasteiger partial charge in [0.25, 0.3) is 5.91 Å². The van der Waals surface area contributed by atoms with Crippen LogP contribution in [0, 0.1) is 5.92 Å². The molecule has 1 fully saturated rings. The molecule has 2 aliphatic rings. The first kappa shape index (κ1) is 23.5. The monoisotopic (exact) mass is 491 g/mol. The minimum absolute atomic E-state index is 0.0404. The summed E-state index contributed by atoms with van der Waals surface area (Å²) in [7, 11) is -0.259. The fourth-order valence-corrected chi connectivity index (χ4v) is 6.95. The van der Waals surface area contributed by atoms with E-state index in [1.54, 1.807) is 53.6 Å². The minimum Gasteiger partial charge on any atom is -0.394 e. The third kappa shape index (κ3) is 4.11. The van der Waals surface area contributed by atoms with E-state index in [4.69, 9.17) is 0 Å². The normalized spacial score (nSPS) is 21.6. The molecule has 7 nitrogen and oxygen atoms in total. The van der Waals surface area contributed by atoms with Crippen LogP contribution in [0.3, 0.4) is 0 Å². The molecule has 0 aliphatic carbocycles. The van der Waals surface area contributed by atoms with Crippen molar-refractivity contribution in [3.8, 4) is 11.1 Å². The average Bonchev–Trinajstić information content (AvgIpc) is 3.35. The van der Waals surface area contributed by atoms with Crippen LogP contribution in [0.15, 0.2) is 77.7 Å². The van der Waals surface area contributed by atoms with Crippen molar-refractivity contribution in [3.05, 3.63) is 83.9 Å². The number of aliphatic hydroxyl groups excluding tert-OH is 1. The van der Waals surface area contributed by atoms with Crippen LogP contribution in [-0.2, 0) is 10.0 Å². The maximum atomic E-state index is 13.6. The lowest BCUT2D eigenvalue weighted by Gasteiger charge is -2.39. The molecule has 1 amide bonds. The lowest BCUT2D eigenvalue weighted by atomic mass is 9.82. The predicted octanol–water partition coefficient (Wildman–Crippen LogP) is 3.59. The van der Waals surface area contributed by atoms with E-state index in [-0.39, 0.29) is 35.4 Å². The van der Waals surface area contributed by atoms with Crippen LogP contribution in [0.4, 0.5) is 5.69 Å². The fourth-order valence-electron chi connectivity index (χ4n) is 5.26. The largest absolute Gasteiger partial charge is 0.394 e. The van der Waals surface area contributed by atoms with Crippen molar-refractivity contribution in [2.45, 2.75) is 23.4 Å². The molecule has 1 saturated heterocycles. The Balaban J connectivity index is 1.55. The Morgan fingerprint density at radius 3 is 2.37 bits per heavy atom. The summed E-state index contributed by atoms with van der Waals surface area (Å²) >= 11 is 0. The number of fused-ring (bicyclic) bond motifs is 3. The highest BCUT2D eigenvalue weighted by atomic mass is 32.2. The molecule has 0 aromatic heterocycles. The van der Waals surface area contributed by atoms with Crippen molar-refractivity contribution >= 4 is 21.6 Å². The van der Waals surface area contributed by atoms with Gasteiger partial charge in [-0.1, -0.05) is 36.4 Å². The molecule has 182 valence electrons. The van der Waals surface area contributed by atoms with Gasteiger partial charge in [0.15, 0.2) is 0 Å². The van der Waals surface area contributed by atoms with Gasteiger partial charge in [-0.2, -0.15) is 4.31 Å². The quantitative estimate of drug-likeness (QED) is 0.569. The number of nitrogens with one attached hydrogen (secondary N) is 1. The predicted molar refractivity (Wildman–Crippen MR) is 136 cm³/mol. The van der Waals surface area contributed by atoms with Gasteiger partial charge in [0, 0.05) is 37.8 Å². The molecule has 5 rings (SSSR count). The number of sulfonamides is 1. The van der Waals surface area contributed by atoms with Crippen LogP contribution in [0.5, 0.6) is 0 Å². The summed E-state index contributed by atoms with van der Waals surface area (Å²) in [5.41, 5.74) is 4.24. The van der Waals surface area contributed by atoms with E-state index in [1.165, 1.54) is 0 Å². The van der Waals surface area contributed by atoms with Crippen LogP contribution >= 0.6 is 0 Å². The highest BCUT2D eigenvalue weighted by Gasteiger charge is 2.48. The third-order valence-electron chi connectivity index (χ3n) is 7.04. The van der Waals surface area contributed by atoms with E-state index in [9.17, 15) is 18.3 Å². The van der Waals surface area contributed by atoms with Gasteiger partial charge in [0.05, 0.1) is 23.6 Å². The lowest BCUT2D eigenvalue weighted by molar-refractivity contribution is 0.0827. The number of rotatable bonds is 5. The van der Waals surface area contributed by atoms with Crippen LogP contribution in [0.25, 0.3) is 11.1 Å². The maximum absolute atomic E-state index is 13.6. The molecule has 2 heterocycles. The van der Waals surface area contributed by atoms with Gasteiger partial charge in [-0.3, -0.25) is 4.79 Å². The highest BCUT2D eigenvalue weighted by Crippen LogP contribution is 2.49. The van der Waals surface area contributed by atoms with Gasteiger partial charge in [0.1, 0.15) is 0 Å². The Morgan fingerprint density at radius 2 is 1.71 bits per heavy atom. The van der Waals surface area contributed by atoms with Crippen LogP contribution < -0.4 is 5.32 Å². The number of hydrogen-bond donors (Lipinski definition) is 2. The van der Waals surface area contributed by atoms with Gasteiger partial charge < -0.3 is 15.3 Å². The second kappa shape index (κ2) is 9.11. The summed E-state index contributed by atoms with van der Waals surface area (Å²) in [6.07, 6.45) is 0.667. The Bertz CT molecular complexity index is 1340. The SMILES string of the molecule is CN(C)C(=O)c1ccc(-c2ccc3c(c2)[C@@H]2[C@@H](CCN2S(=O)(=O)c2ccccc2)[C@@H](CO)N3)cc1. The van der Waals surface area contributed by atoms with Gasteiger partial charge in [-0.05, 0) is 59.5 Å². The Labute approximate surface area is 206 Å².